The van der Waals surface area contributed by atoms with Gasteiger partial charge in [-0.3, -0.25) is 0 Å². The molecule has 23 rings (SSSR count). The molecule has 0 amide bonds. The Morgan fingerprint density at radius 3 is 0.956 bits per heavy atom. The van der Waals surface area contributed by atoms with Crippen molar-refractivity contribution in [3.8, 4) is 89.5 Å². The van der Waals surface area contributed by atoms with Gasteiger partial charge < -0.3 is 17.7 Å². The van der Waals surface area contributed by atoms with Crippen molar-refractivity contribution in [1.82, 2.24) is 19.9 Å². The molecule has 0 bridgehead atoms. The fourth-order valence-corrected chi connectivity index (χ4v) is 21.5. The second kappa shape index (κ2) is 37.8. The zero-order chi connectivity index (χ0) is 94.0. The van der Waals surface area contributed by atoms with Crippen LogP contribution < -0.4 is 18.3 Å². The average Bonchev–Trinajstić information content (AvgIpc) is 1.61. The Hall–Kier alpha value is -13.8. The minimum atomic E-state index is 0.361. The molecule has 12 heteroatoms. The molecule has 3 saturated carbocycles. The van der Waals surface area contributed by atoms with E-state index in [-0.39, 0.29) is 0 Å². The first-order valence-electron chi connectivity index (χ1n) is 49.6. The van der Waals surface area contributed by atoms with E-state index < -0.39 is 0 Å². The van der Waals surface area contributed by atoms with Crippen LogP contribution in [0, 0.1) is 34.6 Å². The minimum absolute atomic E-state index is 0.361. The molecule has 12 aromatic heterocycles. The van der Waals surface area contributed by atoms with Crippen LogP contribution in [0.1, 0.15) is 241 Å². The van der Waals surface area contributed by atoms with Crippen LogP contribution in [0.5, 0.6) is 0 Å². The van der Waals surface area contributed by atoms with Gasteiger partial charge in [0.2, 0.25) is 45.6 Å². The molecule has 0 radical (unpaired) electrons. The van der Waals surface area contributed by atoms with Gasteiger partial charge in [-0.2, -0.15) is 0 Å². The normalized spacial score (nSPS) is 13.9. The molecule has 12 nitrogen and oxygen atoms in total. The molecule has 3 aliphatic rings. The van der Waals surface area contributed by atoms with E-state index in [2.05, 4.69) is 404 Å². The Bertz CT molecular complexity index is 7920. The lowest BCUT2D eigenvalue weighted by atomic mass is 9.92. The zero-order valence-electron chi connectivity index (χ0n) is 82.1. The standard InChI is InChI=1S/3C32H33N2O.C28H27N2O/c1-20(2)28-18-17-27-26-16-11-21(3)29(31(26)35-32(27)33-28)30-25(10-7-19-34(30)4)24-14-12-23(13-15-24)22-8-5-6-9-22;1-20(2)28-17-16-27-26-15-9-21(3)30(31(26)35-32(27)33-28)29-18-14-25(19-34(29)4)24-12-10-23(11-13-24)22-7-5-6-8-22;1-20(2)28-16-15-27-26-14-9-21(3)30(31(26)35-32(27)33-28)29-19-25(17-18-34(29)4)24-12-10-23(11-13-24)22-7-5-6-8-22;1-17(2)24-13-12-23-22-11-9-19(4)26(27(22)31-28(23)29-24)25-14-10-21(16-30(25)5)20-8-6-7-18(3)15-20/h7,10-20,22H,5-6,8-9H2,1-4H3;2*9-20,22H,5-8H2,1-4H3;6-17H,1-5H3/q4*+1. The van der Waals surface area contributed by atoms with Gasteiger partial charge in [-0.25, -0.2) is 38.2 Å². The number of fused-ring (bicyclic) bond motifs is 12. The number of aromatic nitrogens is 8. The van der Waals surface area contributed by atoms with E-state index in [1.54, 1.807) is 0 Å². The number of nitrogens with zero attached hydrogens (tertiary/aromatic N) is 8. The summed E-state index contributed by atoms with van der Waals surface area (Å²) in [5.41, 5.74) is 40.3. The number of aryl methyl sites for hydroxylation is 9. The molecule has 12 heterocycles. The van der Waals surface area contributed by atoms with E-state index in [1.165, 1.54) is 172 Å². The maximum absolute atomic E-state index is 6.52. The van der Waals surface area contributed by atoms with Crippen molar-refractivity contribution in [2.75, 3.05) is 0 Å². The van der Waals surface area contributed by atoms with Gasteiger partial charge in [-0.05, 0) is 248 Å². The van der Waals surface area contributed by atoms with E-state index in [9.17, 15) is 0 Å². The SMILES string of the molecule is Cc1ccc2c(oc3nc(C(C)C)ccc32)c1-c1c(-c2ccc(C3CCCC3)cc2)ccc[n+]1C.Cc1ccc2c(oc3nc(C(C)C)ccc32)c1-c1cc(-c2ccc(C3CCCC3)cc2)cc[n+]1C.Cc1ccc2c(oc3nc(C(C)C)ccc32)c1-c1ccc(-c2ccc(C3CCCC3)cc2)c[n+]1C.Cc1cccc(-c2ccc(-c3c(C)ccc4c3oc3nc(C(C)C)ccc34)[n+](C)c2)c1. The fourth-order valence-electron chi connectivity index (χ4n) is 21.5. The summed E-state index contributed by atoms with van der Waals surface area (Å²) in [6, 6.07) is 88.6. The fraction of sp³-hybridized carbons (Fsp3) is 0.290. The van der Waals surface area contributed by atoms with Gasteiger partial charge in [0.15, 0.2) is 47.1 Å². The van der Waals surface area contributed by atoms with Crippen LogP contribution in [0.25, 0.3) is 178 Å². The molecule has 0 saturated heterocycles. The Labute approximate surface area is 799 Å². The van der Waals surface area contributed by atoms with E-state index in [0.29, 0.717) is 29.4 Å². The molecular weight excluding hydrogens is 1670 g/mol. The van der Waals surface area contributed by atoms with Crippen molar-refractivity contribution >= 4 is 88.3 Å². The smallest absolute Gasteiger partial charge is 0.227 e. The van der Waals surface area contributed by atoms with E-state index in [1.807, 2.05) is 0 Å². The second-order valence-corrected chi connectivity index (χ2v) is 40.2. The van der Waals surface area contributed by atoms with Crippen LogP contribution in [0.3, 0.4) is 0 Å². The Morgan fingerprint density at radius 1 is 0.265 bits per heavy atom. The largest absolute Gasteiger partial charge is 0.437 e. The number of pyridine rings is 8. The Kier molecular flexibility index (Phi) is 25.0. The number of rotatable bonds is 15. The second-order valence-electron chi connectivity index (χ2n) is 40.2. The van der Waals surface area contributed by atoms with Crippen LogP contribution >= 0.6 is 0 Å². The highest BCUT2D eigenvalue weighted by Gasteiger charge is 2.31. The molecule has 682 valence electrons. The van der Waals surface area contributed by atoms with E-state index >= 15 is 0 Å². The van der Waals surface area contributed by atoms with Crippen LogP contribution in [-0.2, 0) is 28.2 Å². The van der Waals surface area contributed by atoms with Crippen molar-refractivity contribution < 1.29 is 35.9 Å². The molecule has 3 fully saturated rings. The first kappa shape index (κ1) is 90.0. The lowest BCUT2D eigenvalue weighted by molar-refractivity contribution is -0.660. The van der Waals surface area contributed by atoms with Gasteiger partial charge in [0.05, 0.1) is 27.8 Å². The molecule has 0 atom stereocenters. The molecule has 136 heavy (non-hydrogen) atoms. The van der Waals surface area contributed by atoms with E-state index in [4.69, 9.17) is 37.6 Å². The zero-order valence-corrected chi connectivity index (χ0v) is 82.1. The van der Waals surface area contributed by atoms with Crippen molar-refractivity contribution in [3.05, 3.63) is 335 Å². The average molecular weight is 1790 g/mol. The highest BCUT2D eigenvalue weighted by atomic mass is 16.4. The molecule has 20 aromatic rings. The Balaban J connectivity index is 0.000000112. The van der Waals surface area contributed by atoms with E-state index in [0.717, 1.165) is 162 Å². The van der Waals surface area contributed by atoms with Crippen LogP contribution in [0.2, 0.25) is 0 Å². The monoisotopic (exact) mass is 1790 g/mol. The number of furan rings is 4. The molecule has 3 aliphatic carbocycles. The van der Waals surface area contributed by atoms with Gasteiger partial charge >= 0.3 is 0 Å². The predicted molar refractivity (Wildman–Crippen MR) is 558 cm³/mol. The maximum Gasteiger partial charge on any atom is 0.227 e. The topological polar surface area (TPSA) is 120 Å². The summed E-state index contributed by atoms with van der Waals surface area (Å²) in [6.07, 6.45) is 24.9. The lowest BCUT2D eigenvalue weighted by Gasteiger charge is -2.13. The summed E-state index contributed by atoms with van der Waals surface area (Å²) >= 11 is 0. The predicted octanol–water partition coefficient (Wildman–Crippen LogP) is 31.6. The quantitative estimate of drug-likeness (QED) is 0.0931. The number of benzene rings is 8. The first-order valence-corrected chi connectivity index (χ1v) is 49.6. The Morgan fingerprint density at radius 2 is 0.588 bits per heavy atom. The van der Waals surface area contributed by atoms with Crippen LogP contribution in [0.15, 0.2) is 285 Å². The highest BCUT2D eigenvalue weighted by Crippen LogP contribution is 2.47. The third-order valence-corrected chi connectivity index (χ3v) is 29.5. The molecule has 0 N–H and O–H groups in total. The minimum Gasteiger partial charge on any atom is -0.437 e. The van der Waals surface area contributed by atoms with Crippen molar-refractivity contribution in [1.29, 1.82) is 0 Å². The van der Waals surface area contributed by atoms with Gasteiger partial charge in [-0.1, -0.05) is 245 Å². The van der Waals surface area contributed by atoms with Crippen molar-refractivity contribution in [2.45, 2.75) is 208 Å². The first-order chi connectivity index (χ1) is 65.9. The van der Waals surface area contributed by atoms with Gasteiger partial charge in [0.1, 0.15) is 28.2 Å². The summed E-state index contributed by atoms with van der Waals surface area (Å²) in [5.74, 6) is 3.68. The van der Waals surface area contributed by atoms with Crippen LogP contribution in [-0.4, -0.2) is 19.9 Å². The molecule has 8 aromatic carbocycles. The van der Waals surface area contributed by atoms with Gasteiger partial charge in [-0.15, -0.1) is 0 Å². The maximum atomic E-state index is 6.52. The van der Waals surface area contributed by atoms with Crippen LogP contribution in [0.4, 0.5) is 0 Å². The molecule has 0 unspecified atom stereocenters. The van der Waals surface area contributed by atoms with Crippen molar-refractivity contribution in [3.63, 3.8) is 0 Å². The summed E-state index contributed by atoms with van der Waals surface area (Å²) in [6.45, 7) is 28.1. The van der Waals surface area contributed by atoms with Gasteiger partial charge in [0, 0.05) is 107 Å². The van der Waals surface area contributed by atoms with Crippen molar-refractivity contribution in [2.24, 2.45) is 28.2 Å². The summed E-state index contributed by atoms with van der Waals surface area (Å²) in [7, 11) is 8.46. The highest BCUT2D eigenvalue weighted by molar-refractivity contribution is 6.13. The molecular formula is C124H126N8O4+4. The summed E-state index contributed by atoms with van der Waals surface area (Å²) < 4.78 is 34.6. The third-order valence-electron chi connectivity index (χ3n) is 29.5. The molecule has 0 spiro atoms. The molecule has 0 aliphatic heterocycles. The lowest BCUT2D eigenvalue weighted by Crippen LogP contribution is -2.31. The number of hydrogen-bond acceptors (Lipinski definition) is 8. The third kappa shape index (κ3) is 17.5. The summed E-state index contributed by atoms with van der Waals surface area (Å²) in [5, 5.41) is 8.77. The summed E-state index contributed by atoms with van der Waals surface area (Å²) in [4.78, 5) is 19.3. The van der Waals surface area contributed by atoms with Gasteiger partial charge in [0.25, 0.3) is 0 Å². The number of hydrogen-bond donors (Lipinski definition) is 0.